The topological polar surface area (TPSA) is 27.6 Å². The largest absolute Gasteiger partial charge is 0.461 e. The van der Waals surface area contributed by atoms with Crippen LogP contribution in [-0.2, 0) is 0 Å². The molecule has 3 aliphatic heterocycles. The summed E-state index contributed by atoms with van der Waals surface area (Å²) < 4.78 is 0. The van der Waals surface area contributed by atoms with E-state index in [9.17, 15) is 0 Å². The maximum atomic E-state index is 4.38. The summed E-state index contributed by atoms with van der Waals surface area (Å²) in [6.45, 7) is 4.33. The molecule has 3 rings (SSSR count). The van der Waals surface area contributed by atoms with Crippen molar-refractivity contribution in [3.05, 3.63) is 25.1 Å². The molecule has 0 spiro atoms. The molecule has 0 bridgehead atoms. The molecule has 1 N–H and O–H groups in total. The molecular weight excluding hydrogens is 424 g/mol. The van der Waals surface area contributed by atoms with Crippen LogP contribution < -0.4 is 5.32 Å². The standard InChI is InChI=1S/C9H12N3.CH3.Lr/c1-9-7-2-4-11-12(9)5-3-8(9)10-6-7;;/h2,4,10H,3,5-6H2,1H3;1H3;/q2*-1;. The molecule has 0 aromatic carbocycles. The van der Waals surface area contributed by atoms with Gasteiger partial charge in [-0.1, -0.05) is 12.5 Å². The summed E-state index contributed by atoms with van der Waals surface area (Å²) in [5.41, 5.74) is 1.58. The van der Waals surface area contributed by atoms with Crippen molar-refractivity contribution in [3.8, 4) is 0 Å². The Kier molecular flexibility index (Phi) is 2.08. The quantitative estimate of drug-likeness (QED) is 0.570. The number of hydrogen-bond donors (Lipinski definition) is 1. The summed E-state index contributed by atoms with van der Waals surface area (Å²) in [5.74, 6) is 0. The normalized spacial score (nSPS) is 33.2. The van der Waals surface area contributed by atoms with E-state index in [1.165, 1.54) is 11.6 Å². The summed E-state index contributed by atoms with van der Waals surface area (Å²) in [6.07, 6.45) is 5.19. The molecule has 0 amide bonds. The van der Waals surface area contributed by atoms with Gasteiger partial charge in [-0.05, 0) is 18.2 Å². The Hall–Kier alpha value is -1.83. The van der Waals surface area contributed by atoms with Gasteiger partial charge in [0.05, 0.1) is 0 Å². The van der Waals surface area contributed by atoms with Crippen LogP contribution >= 0.6 is 0 Å². The van der Waals surface area contributed by atoms with Crippen LogP contribution in [0.1, 0.15) is 13.3 Å². The Morgan fingerprint density at radius 2 is 2.43 bits per heavy atom. The van der Waals surface area contributed by atoms with Gasteiger partial charge in [-0.15, -0.1) is 6.42 Å². The SMILES string of the molecule is CC12C3=CC=NN1CC[C-]2NC3.[CH3-].[Lr]. The van der Waals surface area contributed by atoms with Crippen molar-refractivity contribution >= 4 is 6.21 Å². The van der Waals surface area contributed by atoms with Crippen molar-refractivity contribution in [2.24, 2.45) is 5.10 Å². The van der Waals surface area contributed by atoms with Crippen molar-refractivity contribution in [1.82, 2.24) is 10.3 Å². The van der Waals surface area contributed by atoms with Gasteiger partial charge in [0, 0.05) is 12.8 Å². The first kappa shape index (κ1) is 10.3. The zero-order valence-electron chi connectivity index (χ0n) is 8.43. The number of hydrogen-bond acceptors (Lipinski definition) is 3. The summed E-state index contributed by atoms with van der Waals surface area (Å²) >= 11 is 0. The Bertz CT molecular complexity index is 287. The number of nitrogens with one attached hydrogen (secondary N) is 1. The van der Waals surface area contributed by atoms with Crippen LogP contribution in [0.15, 0.2) is 16.8 Å². The summed E-state index contributed by atoms with van der Waals surface area (Å²) in [7, 11) is 0. The second kappa shape index (κ2) is 2.84. The van der Waals surface area contributed by atoms with Gasteiger partial charge in [0.2, 0.25) is 0 Å². The molecule has 0 aromatic heterocycles. The molecular formula is C10H15LrN3-2. The minimum absolute atomic E-state index is 0. The maximum absolute atomic E-state index is 4.38. The van der Waals surface area contributed by atoms with Gasteiger partial charge in [-0.25, -0.2) is 6.04 Å². The Morgan fingerprint density at radius 1 is 1.64 bits per heavy atom. The number of nitrogens with zero attached hydrogens (tertiary/aromatic N) is 2. The third-order valence-corrected chi connectivity index (χ3v) is 3.28. The first-order valence-corrected chi connectivity index (χ1v) is 4.43. The molecule has 14 heavy (non-hydrogen) atoms. The molecule has 3 heterocycles. The van der Waals surface area contributed by atoms with E-state index >= 15 is 0 Å². The van der Waals surface area contributed by atoms with Gasteiger partial charge in [0.25, 0.3) is 0 Å². The number of hydrazone groups is 1. The van der Waals surface area contributed by atoms with E-state index in [4.69, 9.17) is 0 Å². The van der Waals surface area contributed by atoms with Crippen LogP contribution in [-0.4, -0.2) is 29.9 Å². The predicted molar refractivity (Wildman–Crippen MR) is 54.0 cm³/mol. The molecule has 2 saturated heterocycles. The fourth-order valence-electron chi connectivity index (χ4n) is 2.43. The van der Waals surface area contributed by atoms with Crippen LogP contribution in [0.4, 0.5) is 0 Å². The molecule has 87 valence electrons. The first-order chi connectivity index (χ1) is 5.82. The fourth-order valence-corrected chi connectivity index (χ4v) is 2.43. The summed E-state index contributed by atoms with van der Waals surface area (Å²) in [4.78, 5) is 0. The number of rotatable bonds is 0. The second-order valence-corrected chi connectivity index (χ2v) is 3.73. The van der Waals surface area contributed by atoms with Crippen molar-refractivity contribution in [2.75, 3.05) is 13.1 Å². The van der Waals surface area contributed by atoms with E-state index < -0.39 is 0 Å². The Morgan fingerprint density at radius 3 is 3.21 bits per heavy atom. The minimum Gasteiger partial charge on any atom is -0.461 e. The van der Waals surface area contributed by atoms with E-state index in [1.54, 1.807) is 0 Å². The van der Waals surface area contributed by atoms with Crippen LogP contribution in [0.5, 0.6) is 0 Å². The average molecular weight is 439 g/mol. The van der Waals surface area contributed by atoms with Crippen molar-refractivity contribution in [3.63, 3.8) is 0 Å². The van der Waals surface area contributed by atoms with Crippen LogP contribution in [0, 0.1) is 13.5 Å². The van der Waals surface area contributed by atoms with Gasteiger partial charge in [0.1, 0.15) is 0 Å². The number of allylic oxidation sites excluding steroid dienone is 1. The second-order valence-electron chi connectivity index (χ2n) is 3.73. The Balaban J connectivity index is 0.000000490. The first-order valence-electron chi connectivity index (χ1n) is 4.43. The van der Waals surface area contributed by atoms with Crippen LogP contribution in [0.3, 0.4) is 0 Å². The smallest absolute Gasteiger partial charge is 0.0469 e. The molecule has 0 aromatic rings. The summed E-state index contributed by atoms with van der Waals surface area (Å²) in [6, 6.07) is 1.45. The van der Waals surface area contributed by atoms with E-state index in [0.717, 1.165) is 19.5 Å². The van der Waals surface area contributed by atoms with Crippen molar-refractivity contribution in [1.29, 1.82) is 0 Å². The van der Waals surface area contributed by atoms with Crippen molar-refractivity contribution in [2.45, 2.75) is 18.9 Å². The average Bonchev–Trinajstić information content (AvgIpc) is 2.57. The van der Waals surface area contributed by atoms with Crippen molar-refractivity contribution < 1.29 is 0 Å². The van der Waals surface area contributed by atoms with Gasteiger partial charge >= 0.3 is 0 Å². The van der Waals surface area contributed by atoms with Gasteiger partial charge in [0.15, 0.2) is 0 Å². The molecule has 1 radical (unpaired) electrons. The van der Waals surface area contributed by atoms with E-state index in [1.807, 2.05) is 6.21 Å². The monoisotopic (exact) mass is 439 g/mol. The van der Waals surface area contributed by atoms with Crippen LogP contribution in [0.25, 0.3) is 0 Å². The van der Waals surface area contributed by atoms with Gasteiger partial charge in [-0.2, -0.15) is 5.10 Å². The fraction of sp³-hybridized carbons (Fsp3) is 0.500. The summed E-state index contributed by atoms with van der Waals surface area (Å²) in [5, 5.41) is 10.0. The van der Waals surface area contributed by atoms with Gasteiger partial charge in [-0.3, -0.25) is 0 Å². The Labute approximate surface area is 79.5 Å². The van der Waals surface area contributed by atoms with E-state index in [-0.39, 0.29) is 13.0 Å². The van der Waals surface area contributed by atoms with E-state index in [0.29, 0.717) is 0 Å². The van der Waals surface area contributed by atoms with Gasteiger partial charge < -0.3 is 17.8 Å². The zero-order chi connectivity index (χ0) is 8.18. The molecule has 1 unspecified atom stereocenters. The third-order valence-electron chi connectivity index (χ3n) is 3.28. The molecule has 1 atom stereocenters. The molecule has 0 saturated carbocycles. The minimum atomic E-state index is 0. The molecule has 2 fully saturated rings. The molecule has 4 heteroatoms. The predicted octanol–water partition coefficient (Wildman–Crippen LogP) is 0.962. The molecule has 3 nitrogen and oxygen atoms in total. The van der Waals surface area contributed by atoms with Crippen LogP contribution in [0.2, 0.25) is 0 Å². The zero-order valence-corrected chi connectivity index (χ0v) is 10.6. The maximum Gasteiger partial charge on any atom is 0.0469 e. The third kappa shape index (κ3) is 0.826. The molecule has 3 aliphatic rings. The van der Waals surface area contributed by atoms with E-state index in [2.05, 4.69) is 28.4 Å². The molecule has 0 aliphatic carbocycles.